The zero-order valence-electron chi connectivity index (χ0n) is 45.8. The van der Waals surface area contributed by atoms with E-state index < -0.39 is 0 Å². The van der Waals surface area contributed by atoms with Crippen LogP contribution in [-0.2, 0) is 23.9 Å². The Hall–Kier alpha value is -1.71. The van der Waals surface area contributed by atoms with Crippen molar-refractivity contribution in [3.05, 3.63) is 0 Å². The Balaban J connectivity index is 2.60. The Bertz CT molecular complexity index is 1090. The molecule has 2 N–H and O–H groups in total. The van der Waals surface area contributed by atoms with Crippen molar-refractivity contribution in [3.63, 3.8) is 0 Å². The SMILES string of the molecule is CCCCCCCCC(CCCCCC)CNC(=O)CCCCCN(CCCCN(CCO)CCCCC(COC(=O)CCCCCCC)COC(=O)CCCCCCC)C1CCCCCCC1. The maximum absolute atomic E-state index is 13.0. The summed E-state index contributed by atoms with van der Waals surface area (Å²) in [6.07, 6.45) is 46.1. The van der Waals surface area contributed by atoms with E-state index in [1.54, 1.807) is 0 Å². The van der Waals surface area contributed by atoms with Crippen molar-refractivity contribution in [3.8, 4) is 0 Å². The molecule has 0 aromatic rings. The molecule has 1 unspecified atom stereocenters. The normalized spacial score (nSPS) is 14.1. The molecular formula is C59H115N3O6. The predicted molar refractivity (Wildman–Crippen MR) is 288 cm³/mol. The summed E-state index contributed by atoms with van der Waals surface area (Å²) in [6.45, 7) is 15.5. The summed E-state index contributed by atoms with van der Waals surface area (Å²) in [5.74, 6) is 0.616. The second-order valence-corrected chi connectivity index (χ2v) is 21.3. The molecule has 402 valence electrons. The molecule has 0 aliphatic heterocycles. The van der Waals surface area contributed by atoms with Gasteiger partial charge in [0.15, 0.2) is 0 Å². The molecule has 0 saturated heterocycles. The minimum absolute atomic E-state index is 0.00741. The quantitative estimate of drug-likeness (QED) is 0.0458. The number of nitrogens with zero attached hydrogens (tertiary/aromatic N) is 2. The van der Waals surface area contributed by atoms with Crippen molar-refractivity contribution in [2.45, 2.75) is 291 Å². The first-order chi connectivity index (χ1) is 33.4. The van der Waals surface area contributed by atoms with Crippen LogP contribution in [0.4, 0.5) is 0 Å². The van der Waals surface area contributed by atoms with Crippen molar-refractivity contribution in [2.75, 3.05) is 59.1 Å². The van der Waals surface area contributed by atoms with E-state index in [1.165, 1.54) is 148 Å². The van der Waals surface area contributed by atoms with Crippen molar-refractivity contribution in [1.29, 1.82) is 0 Å². The number of nitrogens with one attached hydrogen (secondary N) is 1. The van der Waals surface area contributed by atoms with Gasteiger partial charge in [-0.15, -0.1) is 0 Å². The zero-order valence-corrected chi connectivity index (χ0v) is 45.8. The molecule has 1 amide bonds. The van der Waals surface area contributed by atoms with E-state index in [2.05, 4.69) is 42.8 Å². The van der Waals surface area contributed by atoms with Gasteiger partial charge in [0.25, 0.3) is 0 Å². The number of aliphatic hydroxyl groups excluding tert-OH is 1. The number of carbonyl (C=O) groups excluding carboxylic acids is 3. The van der Waals surface area contributed by atoms with Gasteiger partial charge >= 0.3 is 11.9 Å². The molecule has 68 heavy (non-hydrogen) atoms. The first-order valence-corrected chi connectivity index (χ1v) is 30.0. The molecule has 9 heteroatoms. The number of carbonyl (C=O) groups is 3. The van der Waals surface area contributed by atoms with Crippen molar-refractivity contribution >= 4 is 17.8 Å². The van der Waals surface area contributed by atoms with E-state index in [-0.39, 0.29) is 30.4 Å². The monoisotopic (exact) mass is 962 g/mol. The van der Waals surface area contributed by atoms with Crippen LogP contribution in [0.1, 0.15) is 285 Å². The summed E-state index contributed by atoms with van der Waals surface area (Å²) in [5.41, 5.74) is 0. The Morgan fingerprint density at radius 1 is 0.471 bits per heavy atom. The van der Waals surface area contributed by atoms with Crippen molar-refractivity contribution in [2.24, 2.45) is 11.8 Å². The summed E-state index contributed by atoms with van der Waals surface area (Å²) in [4.78, 5) is 43.4. The van der Waals surface area contributed by atoms with Gasteiger partial charge in [-0.05, 0) is 109 Å². The van der Waals surface area contributed by atoms with Crippen LogP contribution in [0.15, 0.2) is 0 Å². The molecule has 0 heterocycles. The molecule has 0 radical (unpaired) electrons. The molecule has 1 rings (SSSR count). The number of unbranched alkanes of at least 4 members (excludes halogenated alkanes) is 20. The van der Waals surface area contributed by atoms with Gasteiger partial charge in [0.1, 0.15) is 0 Å². The number of hydrogen-bond donors (Lipinski definition) is 2. The highest BCUT2D eigenvalue weighted by atomic mass is 16.5. The highest BCUT2D eigenvalue weighted by Gasteiger charge is 2.20. The number of esters is 2. The smallest absolute Gasteiger partial charge is 0.305 e. The lowest BCUT2D eigenvalue weighted by Gasteiger charge is -2.33. The number of ether oxygens (including phenoxy) is 2. The third-order valence-corrected chi connectivity index (χ3v) is 14.8. The molecule has 1 saturated carbocycles. The second kappa shape index (κ2) is 48.9. The number of rotatable bonds is 49. The van der Waals surface area contributed by atoms with Gasteiger partial charge in [-0.2, -0.15) is 0 Å². The van der Waals surface area contributed by atoms with E-state index >= 15 is 0 Å². The molecule has 1 fully saturated rings. The molecule has 0 bridgehead atoms. The van der Waals surface area contributed by atoms with Gasteiger partial charge in [0.05, 0.1) is 19.8 Å². The fraction of sp³-hybridized carbons (Fsp3) is 0.949. The summed E-state index contributed by atoms with van der Waals surface area (Å²) >= 11 is 0. The lowest BCUT2D eigenvalue weighted by atomic mass is 9.94. The molecule has 0 aromatic carbocycles. The van der Waals surface area contributed by atoms with Crippen molar-refractivity contribution < 1.29 is 29.0 Å². The molecule has 9 nitrogen and oxygen atoms in total. The average Bonchev–Trinajstić information content (AvgIpc) is 3.32. The van der Waals surface area contributed by atoms with Gasteiger partial charge in [-0.3, -0.25) is 14.4 Å². The molecule has 1 atom stereocenters. The van der Waals surface area contributed by atoms with Crippen LogP contribution in [0.2, 0.25) is 0 Å². The van der Waals surface area contributed by atoms with E-state index in [0.717, 1.165) is 123 Å². The number of amides is 1. The topological polar surface area (TPSA) is 108 Å². The van der Waals surface area contributed by atoms with Crippen LogP contribution in [0.5, 0.6) is 0 Å². The van der Waals surface area contributed by atoms with Gasteiger partial charge in [0.2, 0.25) is 5.91 Å². The fourth-order valence-corrected chi connectivity index (χ4v) is 10.2. The molecule has 0 spiro atoms. The number of aliphatic hydroxyl groups is 1. The summed E-state index contributed by atoms with van der Waals surface area (Å²) in [6, 6.07) is 0.677. The number of hydrogen-bond acceptors (Lipinski definition) is 8. The lowest BCUT2D eigenvalue weighted by Crippen LogP contribution is -2.38. The Labute approximate surface area is 421 Å². The lowest BCUT2D eigenvalue weighted by molar-refractivity contribution is -0.149. The van der Waals surface area contributed by atoms with E-state index in [1.807, 2.05) is 0 Å². The molecular weight excluding hydrogens is 847 g/mol. The van der Waals surface area contributed by atoms with Crippen LogP contribution >= 0.6 is 0 Å². The summed E-state index contributed by atoms with van der Waals surface area (Å²) in [5, 5.41) is 13.3. The first kappa shape index (κ1) is 64.3. The Kier molecular flexibility index (Phi) is 46.2. The minimum Gasteiger partial charge on any atom is -0.465 e. The standard InChI is InChI=1S/C59H115N3O6/c1-5-9-13-17-21-26-38-54(37-25-16-12-8-4)51-60-57(64)42-29-24-33-47-62(56-40-27-22-18-23-28-41-56)48-36-35-46-61(49-50-63)45-34-32-39-55(52-67-58(65)43-30-19-14-10-6-2)53-68-59(66)44-31-20-15-11-7-3/h54-56,63H,5-53H2,1-4H3,(H,60,64). The van der Waals surface area contributed by atoms with Crippen LogP contribution < -0.4 is 5.32 Å². The molecule has 1 aliphatic carbocycles. The van der Waals surface area contributed by atoms with Gasteiger partial charge < -0.3 is 29.7 Å². The molecule has 0 aromatic heterocycles. The Morgan fingerprint density at radius 3 is 1.41 bits per heavy atom. The first-order valence-electron chi connectivity index (χ1n) is 30.0. The van der Waals surface area contributed by atoms with E-state index in [9.17, 15) is 19.5 Å². The largest absolute Gasteiger partial charge is 0.465 e. The van der Waals surface area contributed by atoms with E-state index in [0.29, 0.717) is 51.0 Å². The third kappa shape index (κ3) is 39.9. The Morgan fingerprint density at radius 2 is 0.868 bits per heavy atom. The van der Waals surface area contributed by atoms with Crippen molar-refractivity contribution in [1.82, 2.24) is 15.1 Å². The maximum atomic E-state index is 13.0. The van der Waals surface area contributed by atoms with Crippen LogP contribution in [0, 0.1) is 11.8 Å². The minimum atomic E-state index is -0.138. The predicted octanol–water partition coefficient (Wildman–Crippen LogP) is 15.1. The van der Waals surface area contributed by atoms with Crippen LogP contribution in [-0.4, -0.2) is 97.9 Å². The fourth-order valence-electron chi connectivity index (χ4n) is 10.2. The highest BCUT2D eigenvalue weighted by molar-refractivity contribution is 5.75. The van der Waals surface area contributed by atoms with Gasteiger partial charge in [-0.25, -0.2) is 0 Å². The third-order valence-electron chi connectivity index (χ3n) is 14.8. The highest BCUT2D eigenvalue weighted by Crippen LogP contribution is 2.24. The van der Waals surface area contributed by atoms with E-state index in [4.69, 9.17) is 9.47 Å². The van der Waals surface area contributed by atoms with Gasteiger partial charge in [0, 0.05) is 44.3 Å². The van der Waals surface area contributed by atoms with Crippen LogP contribution in [0.3, 0.4) is 0 Å². The van der Waals surface area contributed by atoms with Crippen LogP contribution in [0.25, 0.3) is 0 Å². The molecule has 1 aliphatic rings. The zero-order chi connectivity index (χ0) is 49.4. The second-order valence-electron chi connectivity index (χ2n) is 21.3. The van der Waals surface area contributed by atoms with Gasteiger partial charge in [-0.1, -0.05) is 188 Å². The maximum Gasteiger partial charge on any atom is 0.305 e. The average molecular weight is 963 g/mol. The summed E-state index contributed by atoms with van der Waals surface area (Å²) < 4.78 is 11.5. The summed E-state index contributed by atoms with van der Waals surface area (Å²) in [7, 11) is 0.